The molecule has 1 fully saturated rings. The Hall–Kier alpha value is -3.23. The van der Waals surface area contributed by atoms with Crippen LogP contribution in [0, 0.1) is 0 Å². The van der Waals surface area contributed by atoms with Crippen LogP contribution in [0.4, 0.5) is 0 Å². The standard InChI is InChI=1S/C20H25N5O4/c1-14(2)21-16(26)12-24-10-11-25(13-19(24)28)18(27)9-8-17-22-20(23-29-17)15-6-4-3-5-7-15/h3-7,14H,8-13H2,1-2H3,(H,21,26). The zero-order valence-corrected chi connectivity index (χ0v) is 16.6. The van der Waals surface area contributed by atoms with Crippen LogP contribution < -0.4 is 5.32 Å². The summed E-state index contributed by atoms with van der Waals surface area (Å²) in [6.07, 6.45) is 0.488. The summed E-state index contributed by atoms with van der Waals surface area (Å²) >= 11 is 0. The van der Waals surface area contributed by atoms with Gasteiger partial charge in [0.25, 0.3) is 0 Å². The molecular weight excluding hydrogens is 374 g/mol. The topological polar surface area (TPSA) is 109 Å². The molecule has 1 aliphatic rings. The molecule has 0 saturated carbocycles. The van der Waals surface area contributed by atoms with Gasteiger partial charge in [-0.05, 0) is 13.8 Å². The van der Waals surface area contributed by atoms with E-state index >= 15 is 0 Å². The average Bonchev–Trinajstić information content (AvgIpc) is 3.17. The molecule has 1 saturated heterocycles. The summed E-state index contributed by atoms with van der Waals surface area (Å²) in [5, 5.41) is 6.70. The quantitative estimate of drug-likeness (QED) is 0.740. The van der Waals surface area contributed by atoms with Crippen LogP contribution in [0.15, 0.2) is 34.9 Å². The molecule has 0 bridgehead atoms. The number of piperazine rings is 1. The van der Waals surface area contributed by atoms with E-state index in [2.05, 4.69) is 15.5 Å². The van der Waals surface area contributed by atoms with Crippen LogP contribution >= 0.6 is 0 Å². The molecule has 0 spiro atoms. The van der Waals surface area contributed by atoms with Crippen molar-refractivity contribution in [3.05, 3.63) is 36.2 Å². The predicted molar refractivity (Wildman–Crippen MR) is 104 cm³/mol. The zero-order valence-electron chi connectivity index (χ0n) is 16.6. The monoisotopic (exact) mass is 399 g/mol. The molecule has 2 aromatic rings. The Balaban J connectivity index is 1.47. The number of hydrogen-bond acceptors (Lipinski definition) is 6. The lowest BCUT2D eigenvalue weighted by atomic mass is 10.2. The van der Waals surface area contributed by atoms with Gasteiger partial charge in [0.15, 0.2) is 0 Å². The fourth-order valence-electron chi connectivity index (χ4n) is 3.06. The number of amides is 3. The summed E-state index contributed by atoms with van der Waals surface area (Å²) in [5.74, 6) is 0.291. The van der Waals surface area contributed by atoms with Crippen molar-refractivity contribution < 1.29 is 18.9 Å². The van der Waals surface area contributed by atoms with E-state index in [9.17, 15) is 14.4 Å². The highest BCUT2D eigenvalue weighted by Gasteiger charge is 2.28. The van der Waals surface area contributed by atoms with Crippen molar-refractivity contribution in [1.29, 1.82) is 0 Å². The second-order valence-electron chi connectivity index (χ2n) is 7.23. The predicted octanol–water partition coefficient (Wildman–Crippen LogP) is 0.865. The number of carbonyl (C=O) groups is 3. The molecule has 0 aliphatic carbocycles. The normalized spacial score (nSPS) is 14.4. The molecular formula is C20H25N5O4. The molecule has 29 heavy (non-hydrogen) atoms. The number of nitrogens with zero attached hydrogens (tertiary/aromatic N) is 4. The lowest BCUT2D eigenvalue weighted by Crippen LogP contribution is -2.54. The SMILES string of the molecule is CC(C)NC(=O)CN1CCN(C(=O)CCc2nc(-c3ccccc3)no2)CC1=O. The summed E-state index contributed by atoms with van der Waals surface area (Å²) in [7, 11) is 0. The minimum absolute atomic E-state index is 0.0172. The third kappa shape index (κ3) is 5.63. The highest BCUT2D eigenvalue weighted by atomic mass is 16.5. The van der Waals surface area contributed by atoms with Crippen LogP contribution in [-0.2, 0) is 20.8 Å². The molecule has 3 rings (SSSR count). The number of hydrogen-bond donors (Lipinski definition) is 1. The minimum Gasteiger partial charge on any atom is -0.352 e. The van der Waals surface area contributed by atoms with Gasteiger partial charge < -0.3 is 19.6 Å². The van der Waals surface area contributed by atoms with Gasteiger partial charge in [0.05, 0.1) is 13.1 Å². The molecule has 154 valence electrons. The Kier molecular flexibility index (Phi) is 6.58. The Labute approximate surface area is 169 Å². The third-order valence-electron chi connectivity index (χ3n) is 4.51. The van der Waals surface area contributed by atoms with Gasteiger partial charge in [0.1, 0.15) is 0 Å². The lowest BCUT2D eigenvalue weighted by Gasteiger charge is -2.34. The molecule has 2 heterocycles. The fraction of sp³-hybridized carbons (Fsp3) is 0.450. The number of nitrogens with one attached hydrogen (secondary N) is 1. The van der Waals surface area contributed by atoms with Gasteiger partial charge in [-0.25, -0.2) is 0 Å². The first-order valence-electron chi connectivity index (χ1n) is 9.65. The number of carbonyl (C=O) groups excluding carboxylic acids is 3. The van der Waals surface area contributed by atoms with Gasteiger partial charge >= 0.3 is 0 Å². The van der Waals surface area contributed by atoms with Gasteiger partial charge in [-0.2, -0.15) is 4.98 Å². The summed E-state index contributed by atoms with van der Waals surface area (Å²) in [5.41, 5.74) is 0.844. The average molecular weight is 399 g/mol. The van der Waals surface area contributed by atoms with Crippen LogP contribution in [0.2, 0.25) is 0 Å². The van der Waals surface area contributed by atoms with Crippen molar-refractivity contribution in [2.75, 3.05) is 26.2 Å². The summed E-state index contributed by atoms with van der Waals surface area (Å²) in [6, 6.07) is 9.46. The van der Waals surface area contributed by atoms with Crippen molar-refractivity contribution in [3.8, 4) is 11.4 Å². The number of benzene rings is 1. The van der Waals surface area contributed by atoms with Crippen molar-refractivity contribution >= 4 is 17.7 Å². The van der Waals surface area contributed by atoms with E-state index in [-0.39, 0.29) is 43.3 Å². The zero-order chi connectivity index (χ0) is 20.8. The lowest BCUT2D eigenvalue weighted by molar-refractivity contribution is -0.147. The Bertz CT molecular complexity index is 865. The Morgan fingerprint density at radius 1 is 1.21 bits per heavy atom. The van der Waals surface area contributed by atoms with E-state index in [0.717, 1.165) is 5.56 Å². The Morgan fingerprint density at radius 2 is 1.97 bits per heavy atom. The van der Waals surface area contributed by atoms with Crippen LogP contribution in [0.25, 0.3) is 11.4 Å². The van der Waals surface area contributed by atoms with Crippen LogP contribution in [0.1, 0.15) is 26.2 Å². The highest BCUT2D eigenvalue weighted by molar-refractivity contribution is 5.89. The van der Waals surface area contributed by atoms with Crippen molar-refractivity contribution in [3.63, 3.8) is 0 Å². The first-order valence-corrected chi connectivity index (χ1v) is 9.65. The van der Waals surface area contributed by atoms with Gasteiger partial charge in [0.2, 0.25) is 29.4 Å². The molecule has 1 aliphatic heterocycles. The maximum atomic E-state index is 12.5. The van der Waals surface area contributed by atoms with Crippen LogP contribution in [-0.4, -0.2) is 69.9 Å². The first kappa shape index (κ1) is 20.5. The molecule has 1 aromatic carbocycles. The smallest absolute Gasteiger partial charge is 0.242 e. The molecule has 0 atom stereocenters. The fourth-order valence-corrected chi connectivity index (χ4v) is 3.06. The molecule has 1 N–H and O–H groups in total. The molecule has 1 aromatic heterocycles. The van der Waals surface area contributed by atoms with Gasteiger partial charge in [0, 0.05) is 37.5 Å². The van der Waals surface area contributed by atoms with E-state index in [1.54, 1.807) is 0 Å². The van der Waals surface area contributed by atoms with Crippen molar-refractivity contribution in [2.45, 2.75) is 32.7 Å². The van der Waals surface area contributed by atoms with Crippen LogP contribution in [0.3, 0.4) is 0 Å². The van der Waals surface area contributed by atoms with Crippen molar-refractivity contribution in [1.82, 2.24) is 25.3 Å². The second kappa shape index (κ2) is 9.31. The van der Waals surface area contributed by atoms with E-state index in [1.807, 2.05) is 44.2 Å². The third-order valence-corrected chi connectivity index (χ3v) is 4.51. The van der Waals surface area contributed by atoms with Gasteiger partial charge in [-0.1, -0.05) is 35.5 Å². The minimum atomic E-state index is -0.229. The van der Waals surface area contributed by atoms with E-state index < -0.39 is 0 Å². The maximum absolute atomic E-state index is 12.5. The van der Waals surface area contributed by atoms with E-state index in [1.165, 1.54) is 9.80 Å². The van der Waals surface area contributed by atoms with Gasteiger partial charge in [-0.3, -0.25) is 14.4 Å². The number of rotatable bonds is 7. The number of aromatic nitrogens is 2. The summed E-state index contributed by atoms with van der Waals surface area (Å²) in [4.78, 5) is 43.9. The number of aryl methyl sites for hydroxylation is 1. The largest absolute Gasteiger partial charge is 0.352 e. The first-order chi connectivity index (χ1) is 13.9. The maximum Gasteiger partial charge on any atom is 0.242 e. The highest BCUT2D eigenvalue weighted by Crippen LogP contribution is 2.16. The molecule has 3 amide bonds. The van der Waals surface area contributed by atoms with Crippen molar-refractivity contribution in [2.24, 2.45) is 0 Å². The summed E-state index contributed by atoms with van der Waals surface area (Å²) in [6.45, 7) is 4.47. The van der Waals surface area contributed by atoms with Gasteiger partial charge in [-0.15, -0.1) is 0 Å². The van der Waals surface area contributed by atoms with E-state index in [4.69, 9.17) is 4.52 Å². The summed E-state index contributed by atoms with van der Waals surface area (Å²) < 4.78 is 5.22. The molecule has 9 heteroatoms. The molecule has 0 unspecified atom stereocenters. The van der Waals surface area contributed by atoms with E-state index in [0.29, 0.717) is 31.2 Å². The Morgan fingerprint density at radius 3 is 2.66 bits per heavy atom. The second-order valence-corrected chi connectivity index (χ2v) is 7.23. The van der Waals surface area contributed by atoms with Crippen LogP contribution in [0.5, 0.6) is 0 Å². The molecule has 9 nitrogen and oxygen atoms in total. The molecule has 0 radical (unpaired) electrons.